The number of nitrogens with one attached hydrogen (secondary N) is 1. The summed E-state index contributed by atoms with van der Waals surface area (Å²) in [7, 11) is 3.22. The maximum Gasteiger partial charge on any atom is 0.338 e. The largest absolute Gasteiger partial charge is 0.481 e. The van der Waals surface area contributed by atoms with Gasteiger partial charge in [0.15, 0.2) is 5.82 Å². The van der Waals surface area contributed by atoms with Gasteiger partial charge in [-0.3, -0.25) is 0 Å². The molecule has 0 amide bonds. The zero-order valence-corrected chi connectivity index (χ0v) is 10.3. The molecule has 2 aromatic rings. The molecule has 0 unspecified atom stereocenters. The highest BCUT2D eigenvalue weighted by molar-refractivity contribution is 5.88. The van der Waals surface area contributed by atoms with Gasteiger partial charge in [0.25, 0.3) is 0 Å². The molecule has 0 spiro atoms. The monoisotopic (exact) mass is 265 g/mol. The van der Waals surface area contributed by atoms with E-state index < -0.39 is 11.8 Å². The fraction of sp³-hybridized carbons (Fsp3) is 0.167. The Morgan fingerprint density at radius 2 is 2.21 bits per heavy atom. The molecule has 0 radical (unpaired) electrons. The lowest BCUT2D eigenvalue weighted by atomic mass is 10.2. The third kappa shape index (κ3) is 2.65. The maximum atomic E-state index is 13.5. The standard InChI is InChI=1S/C12H12FN3O3/c1-16-11(19-2)6-10(15-16)14-7-3-4-8(12(17)18)9(13)5-7/h3-6H,1-2H3,(H,14,15)(H,17,18). The van der Waals surface area contributed by atoms with E-state index in [1.54, 1.807) is 13.1 Å². The first-order valence-corrected chi connectivity index (χ1v) is 5.39. The molecule has 6 nitrogen and oxygen atoms in total. The van der Waals surface area contributed by atoms with Crippen LogP contribution in [-0.2, 0) is 7.05 Å². The van der Waals surface area contributed by atoms with Crippen molar-refractivity contribution in [3.8, 4) is 5.88 Å². The van der Waals surface area contributed by atoms with Gasteiger partial charge >= 0.3 is 5.97 Å². The van der Waals surface area contributed by atoms with E-state index in [1.165, 1.54) is 23.9 Å². The number of nitrogens with zero attached hydrogens (tertiary/aromatic N) is 2. The molecule has 100 valence electrons. The van der Waals surface area contributed by atoms with Crippen LogP contribution in [0.15, 0.2) is 24.3 Å². The Balaban J connectivity index is 2.23. The third-order valence-electron chi connectivity index (χ3n) is 2.52. The highest BCUT2D eigenvalue weighted by Crippen LogP contribution is 2.21. The summed E-state index contributed by atoms with van der Waals surface area (Å²) in [6.07, 6.45) is 0. The number of ether oxygens (including phenoxy) is 1. The van der Waals surface area contributed by atoms with Crippen LogP contribution in [0.3, 0.4) is 0 Å². The van der Waals surface area contributed by atoms with E-state index in [0.717, 1.165) is 6.07 Å². The van der Waals surface area contributed by atoms with Gasteiger partial charge in [0.2, 0.25) is 5.88 Å². The van der Waals surface area contributed by atoms with Crippen molar-refractivity contribution >= 4 is 17.5 Å². The lowest BCUT2D eigenvalue weighted by molar-refractivity contribution is 0.0692. The van der Waals surface area contributed by atoms with E-state index in [2.05, 4.69) is 10.4 Å². The Bertz CT molecular complexity index is 625. The van der Waals surface area contributed by atoms with Crippen molar-refractivity contribution in [3.05, 3.63) is 35.6 Å². The maximum absolute atomic E-state index is 13.5. The van der Waals surface area contributed by atoms with E-state index >= 15 is 0 Å². The summed E-state index contributed by atoms with van der Waals surface area (Å²) < 4.78 is 20.0. The number of aromatic nitrogens is 2. The van der Waals surface area contributed by atoms with Crippen LogP contribution >= 0.6 is 0 Å². The molecule has 1 aromatic heterocycles. The Labute approximate surface area is 108 Å². The van der Waals surface area contributed by atoms with Crippen LogP contribution in [0.1, 0.15) is 10.4 Å². The highest BCUT2D eigenvalue weighted by Gasteiger charge is 2.11. The number of aryl methyl sites for hydroxylation is 1. The molecule has 0 fully saturated rings. The lowest BCUT2D eigenvalue weighted by Crippen LogP contribution is -2.01. The van der Waals surface area contributed by atoms with Crippen LogP contribution in [0, 0.1) is 5.82 Å². The first-order chi connectivity index (χ1) is 9.01. The number of rotatable bonds is 4. The van der Waals surface area contributed by atoms with Crippen molar-refractivity contribution in [2.45, 2.75) is 0 Å². The first kappa shape index (κ1) is 12.9. The second-order valence-electron chi connectivity index (χ2n) is 3.82. The number of halogens is 1. The average molecular weight is 265 g/mol. The van der Waals surface area contributed by atoms with Crippen molar-refractivity contribution in [1.29, 1.82) is 0 Å². The minimum Gasteiger partial charge on any atom is -0.481 e. The van der Waals surface area contributed by atoms with E-state index in [4.69, 9.17) is 9.84 Å². The summed E-state index contributed by atoms with van der Waals surface area (Å²) in [5.74, 6) is -1.09. The normalized spacial score (nSPS) is 10.3. The van der Waals surface area contributed by atoms with E-state index in [0.29, 0.717) is 17.4 Å². The van der Waals surface area contributed by atoms with Gasteiger partial charge in [0.05, 0.1) is 12.7 Å². The molecular weight excluding hydrogens is 253 g/mol. The minimum atomic E-state index is -1.30. The first-order valence-electron chi connectivity index (χ1n) is 5.39. The molecule has 1 aromatic carbocycles. The molecule has 0 saturated heterocycles. The van der Waals surface area contributed by atoms with Crippen LogP contribution in [0.4, 0.5) is 15.9 Å². The Morgan fingerprint density at radius 1 is 1.47 bits per heavy atom. The van der Waals surface area contributed by atoms with Crippen LogP contribution in [0.2, 0.25) is 0 Å². The fourth-order valence-electron chi connectivity index (χ4n) is 1.62. The number of benzene rings is 1. The molecule has 2 rings (SSSR count). The topological polar surface area (TPSA) is 76.4 Å². The van der Waals surface area contributed by atoms with Gasteiger partial charge in [-0.05, 0) is 18.2 Å². The third-order valence-corrected chi connectivity index (χ3v) is 2.52. The number of carboxylic acids is 1. The van der Waals surface area contributed by atoms with Gasteiger partial charge in [-0.15, -0.1) is 0 Å². The van der Waals surface area contributed by atoms with Crippen molar-refractivity contribution in [3.63, 3.8) is 0 Å². The lowest BCUT2D eigenvalue weighted by Gasteiger charge is -2.04. The number of methoxy groups -OCH3 is 1. The van der Waals surface area contributed by atoms with E-state index in [9.17, 15) is 9.18 Å². The van der Waals surface area contributed by atoms with Gasteiger partial charge < -0.3 is 15.2 Å². The van der Waals surface area contributed by atoms with Crippen molar-refractivity contribution < 1.29 is 19.0 Å². The molecule has 1 heterocycles. The molecule has 0 aliphatic carbocycles. The number of carbonyl (C=O) groups is 1. The highest BCUT2D eigenvalue weighted by atomic mass is 19.1. The Kier molecular flexibility index (Phi) is 3.37. The number of carboxylic acid groups (broad SMARTS) is 1. The van der Waals surface area contributed by atoms with Gasteiger partial charge in [-0.25, -0.2) is 13.9 Å². The predicted octanol–water partition coefficient (Wildman–Crippen LogP) is 2.01. The molecular formula is C12H12FN3O3. The van der Waals surface area contributed by atoms with Crippen molar-refractivity contribution in [1.82, 2.24) is 9.78 Å². The predicted molar refractivity (Wildman–Crippen MR) is 66.4 cm³/mol. The van der Waals surface area contributed by atoms with Gasteiger partial charge in [-0.1, -0.05) is 0 Å². The second-order valence-corrected chi connectivity index (χ2v) is 3.82. The second kappa shape index (κ2) is 4.97. The average Bonchev–Trinajstić information content (AvgIpc) is 2.69. The molecule has 0 atom stereocenters. The molecule has 0 aliphatic rings. The zero-order chi connectivity index (χ0) is 14.0. The van der Waals surface area contributed by atoms with E-state index in [-0.39, 0.29) is 5.56 Å². The molecule has 2 N–H and O–H groups in total. The van der Waals surface area contributed by atoms with Crippen molar-refractivity contribution in [2.75, 3.05) is 12.4 Å². The Hall–Kier alpha value is -2.57. The quantitative estimate of drug-likeness (QED) is 0.884. The van der Waals surface area contributed by atoms with Crippen LogP contribution < -0.4 is 10.1 Å². The van der Waals surface area contributed by atoms with Gasteiger partial charge in [-0.2, -0.15) is 5.10 Å². The molecule has 0 aliphatic heterocycles. The SMILES string of the molecule is COc1cc(Nc2ccc(C(=O)O)c(F)c2)nn1C. The molecule has 0 bridgehead atoms. The van der Waals surface area contributed by atoms with Crippen LogP contribution in [0.25, 0.3) is 0 Å². The molecule has 19 heavy (non-hydrogen) atoms. The van der Waals surface area contributed by atoms with Crippen LogP contribution in [-0.4, -0.2) is 28.0 Å². The van der Waals surface area contributed by atoms with Crippen LogP contribution in [0.5, 0.6) is 5.88 Å². The van der Waals surface area contributed by atoms with Crippen molar-refractivity contribution in [2.24, 2.45) is 7.05 Å². The Morgan fingerprint density at radius 3 is 2.74 bits per heavy atom. The summed E-state index contributed by atoms with van der Waals surface area (Å²) in [5, 5.41) is 15.7. The molecule has 7 heteroatoms. The number of hydrogen-bond acceptors (Lipinski definition) is 4. The fourth-order valence-corrected chi connectivity index (χ4v) is 1.62. The van der Waals surface area contributed by atoms with Gasteiger partial charge in [0.1, 0.15) is 5.82 Å². The minimum absolute atomic E-state index is 0.371. The summed E-state index contributed by atoms with van der Waals surface area (Å²) in [6, 6.07) is 5.40. The number of hydrogen-bond donors (Lipinski definition) is 2. The summed E-state index contributed by atoms with van der Waals surface area (Å²) in [4.78, 5) is 10.7. The number of aromatic carboxylic acids is 1. The number of anilines is 2. The summed E-state index contributed by atoms with van der Waals surface area (Å²) in [5.41, 5.74) is 0.0346. The smallest absolute Gasteiger partial charge is 0.338 e. The van der Waals surface area contributed by atoms with Gasteiger partial charge in [0, 0.05) is 18.8 Å². The summed E-state index contributed by atoms with van der Waals surface area (Å²) in [6.45, 7) is 0. The zero-order valence-electron chi connectivity index (χ0n) is 10.3. The summed E-state index contributed by atoms with van der Waals surface area (Å²) >= 11 is 0. The molecule has 0 saturated carbocycles. The van der Waals surface area contributed by atoms with E-state index in [1.807, 2.05) is 0 Å².